The van der Waals surface area contributed by atoms with Gasteiger partial charge >= 0.3 is 0 Å². The van der Waals surface area contributed by atoms with E-state index >= 15 is 0 Å². The maximum atomic E-state index is 4.26. The van der Waals surface area contributed by atoms with Crippen LogP contribution in [0.2, 0.25) is 0 Å². The zero-order valence-corrected chi connectivity index (χ0v) is 7.84. The summed E-state index contributed by atoms with van der Waals surface area (Å²) in [5, 5.41) is 0. The first-order valence-electron chi connectivity index (χ1n) is 3.11. The number of aliphatic imine (C=N–C) groups is 1. The van der Waals surface area contributed by atoms with Crippen LogP contribution in [0.4, 0.5) is 0 Å². The molecule has 0 spiro atoms. The highest BCUT2D eigenvalue weighted by atomic mass is 127. The number of allylic oxidation sites excluding steroid dienone is 1. The van der Waals surface area contributed by atoms with Gasteiger partial charge < -0.3 is 0 Å². The van der Waals surface area contributed by atoms with E-state index in [4.69, 9.17) is 0 Å². The van der Waals surface area contributed by atoms with Crippen LogP contribution in [-0.2, 0) is 0 Å². The van der Waals surface area contributed by atoms with Crippen molar-refractivity contribution < 1.29 is 0 Å². The SMILES string of the molecule is CC(C)C1=NC=C(I)C1. The molecule has 0 fully saturated rings. The molecule has 50 valence electrons. The van der Waals surface area contributed by atoms with Crippen LogP contribution < -0.4 is 0 Å². The molecule has 0 aromatic heterocycles. The molecule has 0 N–H and O–H groups in total. The Kier molecular flexibility index (Phi) is 2.27. The molecule has 9 heavy (non-hydrogen) atoms. The van der Waals surface area contributed by atoms with Crippen molar-refractivity contribution in [2.75, 3.05) is 0 Å². The fourth-order valence-electron chi connectivity index (χ4n) is 0.770. The Morgan fingerprint density at radius 1 is 1.67 bits per heavy atom. The standard InChI is InChI=1S/C7H10IN/c1-5(2)7-3-6(8)4-9-7/h4-5H,3H2,1-2H3. The summed E-state index contributed by atoms with van der Waals surface area (Å²) in [6.45, 7) is 4.36. The van der Waals surface area contributed by atoms with Crippen molar-refractivity contribution in [3.63, 3.8) is 0 Å². The summed E-state index contributed by atoms with van der Waals surface area (Å²) < 4.78 is 1.36. The van der Waals surface area contributed by atoms with Crippen molar-refractivity contribution in [1.82, 2.24) is 0 Å². The smallest absolute Gasteiger partial charge is 0.0364 e. The Labute approximate surface area is 69.4 Å². The van der Waals surface area contributed by atoms with E-state index in [1.54, 1.807) is 0 Å². The molecule has 1 nitrogen and oxygen atoms in total. The zero-order valence-electron chi connectivity index (χ0n) is 5.69. The van der Waals surface area contributed by atoms with Gasteiger partial charge in [0.2, 0.25) is 0 Å². The van der Waals surface area contributed by atoms with Crippen LogP contribution in [0.5, 0.6) is 0 Å². The Bertz CT molecular complexity index is 168. The molecular weight excluding hydrogens is 225 g/mol. The molecule has 1 heterocycles. The molecule has 0 atom stereocenters. The summed E-state index contributed by atoms with van der Waals surface area (Å²) in [4.78, 5) is 4.26. The minimum Gasteiger partial charge on any atom is -0.264 e. The van der Waals surface area contributed by atoms with E-state index in [1.807, 2.05) is 6.20 Å². The highest BCUT2D eigenvalue weighted by Crippen LogP contribution is 2.21. The van der Waals surface area contributed by atoms with E-state index in [0.717, 1.165) is 6.42 Å². The van der Waals surface area contributed by atoms with Gasteiger partial charge in [0.05, 0.1) is 0 Å². The lowest BCUT2D eigenvalue weighted by molar-refractivity contribution is 0.872. The van der Waals surface area contributed by atoms with Gasteiger partial charge in [-0.2, -0.15) is 0 Å². The van der Waals surface area contributed by atoms with Crippen molar-refractivity contribution in [3.8, 4) is 0 Å². The summed E-state index contributed by atoms with van der Waals surface area (Å²) in [7, 11) is 0. The number of hydrogen-bond donors (Lipinski definition) is 0. The summed E-state index contributed by atoms with van der Waals surface area (Å²) >= 11 is 2.33. The van der Waals surface area contributed by atoms with Crippen molar-refractivity contribution in [2.45, 2.75) is 20.3 Å². The van der Waals surface area contributed by atoms with E-state index in [9.17, 15) is 0 Å². The lowest BCUT2D eigenvalue weighted by Crippen LogP contribution is -2.03. The third kappa shape index (κ3) is 1.78. The van der Waals surface area contributed by atoms with E-state index in [1.165, 1.54) is 9.29 Å². The van der Waals surface area contributed by atoms with Crippen molar-refractivity contribution in [1.29, 1.82) is 0 Å². The molecule has 1 rings (SSSR count). The molecular formula is C7H10IN. The molecule has 0 aromatic rings. The minimum atomic E-state index is 0.619. The predicted octanol–water partition coefficient (Wildman–Crippen LogP) is 2.76. The second-order valence-corrected chi connectivity index (χ2v) is 3.91. The summed E-state index contributed by atoms with van der Waals surface area (Å²) in [5.41, 5.74) is 1.32. The summed E-state index contributed by atoms with van der Waals surface area (Å²) in [5.74, 6) is 0.619. The quantitative estimate of drug-likeness (QED) is 0.619. The van der Waals surface area contributed by atoms with Gasteiger partial charge in [-0.15, -0.1) is 0 Å². The Morgan fingerprint density at radius 3 is 2.56 bits per heavy atom. The van der Waals surface area contributed by atoms with Crippen LogP contribution in [0, 0.1) is 5.92 Å². The Balaban J connectivity index is 2.54. The first kappa shape index (κ1) is 7.25. The van der Waals surface area contributed by atoms with Crippen molar-refractivity contribution in [2.24, 2.45) is 10.9 Å². The second-order valence-electron chi connectivity index (χ2n) is 2.53. The van der Waals surface area contributed by atoms with Gasteiger partial charge in [0.1, 0.15) is 0 Å². The van der Waals surface area contributed by atoms with Gasteiger partial charge in [-0.05, 0) is 28.5 Å². The highest BCUT2D eigenvalue weighted by molar-refractivity contribution is 14.1. The molecule has 0 aromatic carbocycles. The van der Waals surface area contributed by atoms with Gasteiger partial charge in [-0.1, -0.05) is 13.8 Å². The molecule has 2 heteroatoms. The molecule has 0 saturated carbocycles. The fourth-order valence-corrected chi connectivity index (χ4v) is 1.30. The largest absolute Gasteiger partial charge is 0.264 e. The molecule has 1 aliphatic rings. The lowest BCUT2D eigenvalue weighted by Gasteiger charge is -2.01. The van der Waals surface area contributed by atoms with Crippen LogP contribution in [-0.4, -0.2) is 5.71 Å². The molecule has 0 saturated heterocycles. The van der Waals surface area contributed by atoms with Gasteiger partial charge in [0, 0.05) is 21.9 Å². The zero-order chi connectivity index (χ0) is 6.85. The number of halogens is 1. The Hall–Kier alpha value is 0.140. The lowest BCUT2D eigenvalue weighted by atomic mass is 10.1. The maximum Gasteiger partial charge on any atom is 0.0364 e. The summed E-state index contributed by atoms with van der Waals surface area (Å²) in [6.07, 6.45) is 3.04. The number of nitrogens with zero attached hydrogens (tertiary/aromatic N) is 1. The predicted molar refractivity (Wildman–Crippen MR) is 49.0 cm³/mol. The average molecular weight is 235 g/mol. The van der Waals surface area contributed by atoms with Crippen LogP contribution in [0.3, 0.4) is 0 Å². The summed E-state index contributed by atoms with van der Waals surface area (Å²) in [6, 6.07) is 0. The molecule has 0 unspecified atom stereocenters. The molecule has 0 amide bonds. The van der Waals surface area contributed by atoms with Crippen LogP contribution in [0.15, 0.2) is 14.8 Å². The first-order valence-corrected chi connectivity index (χ1v) is 4.19. The van der Waals surface area contributed by atoms with Crippen LogP contribution in [0.25, 0.3) is 0 Å². The third-order valence-corrected chi connectivity index (χ3v) is 2.05. The van der Waals surface area contributed by atoms with Crippen LogP contribution >= 0.6 is 22.6 Å². The molecule has 0 bridgehead atoms. The number of hydrogen-bond acceptors (Lipinski definition) is 1. The monoisotopic (exact) mass is 235 g/mol. The highest BCUT2D eigenvalue weighted by Gasteiger charge is 2.10. The van der Waals surface area contributed by atoms with E-state index < -0.39 is 0 Å². The van der Waals surface area contributed by atoms with Gasteiger partial charge in [0.15, 0.2) is 0 Å². The van der Waals surface area contributed by atoms with E-state index in [-0.39, 0.29) is 0 Å². The third-order valence-electron chi connectivity index (χ3n) is 1.39. The second kappa shape index (κ2) is 2.82. The molecule has 0 radical (unpaired) electrons. The molecule has 1 aliphatic heterocycles. The van der Waals surface area contributed by atoms with Crippen LogP contribution in [0.1, 0.15) is 20.3 Å². The first-order chi connectivity index (χ1) is 4.20. The van der Waals surface area contributed by atoms with E-state index in [0.29, 0.717) is 5.92 Å². The average Bonchev–Trinajstić information content (AvgIpc) is 2.14. The number of rotatable bonds is 1. The maximum absolute atomic E-state index is 4.26. The molecule has 0 aliphatic carbocycles. The van der Waals surface area contributed by atoms with Crippen molar-refractivity contribution in [3.05, 3.63) is 9.78 Å². The van der Waals surface area contributed by atoms with Gasteiger partial charge in [0.25, 0.3) is 0 Å². The Morgan fingerprint density at radius 2 is 2.33 bits per heavy atom. The van der Waals surface area contributed by atoms with Gasteiger partial charge in [-0.25, -0.2) is 0 Å². The van der Waals surface area contributed by atoms with Crippen molar-refractivity contribution >= 4 is 28.3 Å². The normalized spacial score (nSPS) is 18.2. The van der Waals surface area contributed by atoms with E-state index in [2.05, 4.69) is 41.4 Å². The topological polar surface area (TPSA) is 12.4 Å². The van der Waals surface area contributed by atoms with Gasteiger partial charge in [-0.3, -0.25) is 4.99 Å². The fraction of sp³-hybridized carbons (Fsp3) is 0.571. The minimum absolute atomic E-state index is 0.619.